The van der Waals surface area contributed by atoms with E-state index < -0.39 is 5.97 Å². The summed E-state index contributed by atoms with van der Waals surface area (Å²) < 4.78 is 6.20. The van der Waals surface area contributed by atoms with Gasteiger partial charge < -0.3 is 9.84 Å². The van der Waals surface area contributed by atoms with Crippen molar-refractivity contribution in [2.45, 2.75) is 0 Å². The number of rotatable bonds is 5. The van der Waals surface area contributed by atoms with E-state index in [4.69, 9.17) is 15.1 Å². The Bertz CT molecular complexity index is 970. The van der Waals surface area contributed by atoms with Gasteiger partial charge in [-0.3, -0.25) is 0 Å². The molecular weight excluding hydrogens is 324 g/mol. The molecule has 1 N–H and O–H groups in total. The summed E-state index contributed by atoms with van der Waals surface area (Å²) in [5.41, 5.74) is 1.86. The predicted octanol–water partition coefficient (Wildman–Crippen LogP) is 4.07. The summed E-state index contributed by atoms with van der Waals surface area (Å²) in [6, 6.07) is 14.2. The maximum Gasteiger partial charge on any atom is 0.335 e. The van der Waals surface area contributed by atoms with Crippen LogP contribution in [0.2, 0.25) is 0 Å². The van der Waals surface area contributed by atoms with Gasteiger partial charge in [0.2, 0.25) is 0 Å². The van der Waals surface area contributed by atoms with E-state index in [1.807, 2.05) is 36.4 Å². The summed E-state index contributed by atoms with van der Waals surface area (Å²) in [6.07, 6.45) is 3.71. The number of aromatic carboxylic acids is 1. The lowest BCUT2D eigenvalue weighted by atomic mass is 10.2. The predicted molar refractivity (Wildman–Crippen MR) is 93.1 cm³/mol. The zero-order valence-electron chi connectivity index (χ0n) is 12.5. The van der Waals surface area contributed by atoms with Gasteiger partial charge in [-0.05, 0) is 36.4 Å². The Hall–Kier alpha value is -3.17. The molecule has 2 aromatic carbocycles. The number of nitriles is 1. The number of para-hydroxylation sites is 1. The molecule has 6 heteroatoms. The molecule has 0 saturated heterocycles. The van der Waals surface area contributed by atoms with Crippen LogP contribution in [-0.2, 0) is 0 Å². The molecule has 0 saturated carbocycles. The highest BCUT2D eigenvalue weighted by molar-refractivity contribution is 7.19. The molecule has 3 rings (SSSR count). The average Bonchev–Trinajstić information content (AvgIpc) is 3.00. The largest absolute Gasteiger partial charge is 0.478 e. The Labute approximate surface area is 142 Å². The number of aromatic nitrogens is 1. The Balaban J connectivity index is 1.88. The van der Waals surface area contributed by atoms with Crippen molar-refractivity contribution in [3.05, 3.63) is 58.6 Å². The van der Waals surface area contributed by atoms with Crippen LogP contribution in [0.1, 0.15) is 20.9 Å². The van der Waals surface area contributed by atoms with Gasteiger partial charge in [-0.15, -0.1) is 11.3 Å². The molecule has 3 aromatic rings. The van der Waals surface area contributed by atoms with E-state index >= 15 is 0 Å². The van der Waals surface area contributed by atoms with Gasteiger partial charge in [0.1, 0.15) is 16.8 Å². The average molecular weight is 336 g/mol. The number of carboxylic acids is 1. The second-order valence-electron chi connectivity index (χ2n) is 4.86. The summed E-state index contributed by atoms with van der Waals surface area (Å²) in [7, 11) is 0. The molecule has 0 aliphatic heterocycles. The first kappa shape index (κ1) is 15.7. The molecule has 24 heavy (non-hydrogen) atoms. The summed E-state index contributed by atoms with van der Waals surface area (Å²) >= 11 is 1.42. The van der Waals surface area contributed by atoms with Crippen molar-refractivity contribution < 1.29 is 14.6 Å². The van der Waals surface area contributed by atoms with Crippen LogP contribution in [0.3, 0.4) is 0 Å². The van der Waals surface area contributed by atoms with Crippen LogP contribution < -0.4 is 4.74 Å². The number of hydrogen-bond acceptors (Lipinski definition) is 5. The summed E-state index contributed by atoms with van der Waals surface area (Å²) in [5.74, 6) is -0.324. The minimum absolute atomic E-state index is 0.00996. The van der Waals surface area contributed by atoms with E-state index in [2.05, 4.69) is 4.98 Å². The molecule has 0 aliphatic rings. The number of benzene rings is 2. The van der Waals surface area contributed by atoms with E-state index in [-0.39, 0.29) is 12.2 Å². The number of nitrogens with zero attached hydrogens (tertiary/aromatic N) is 2. The van der Waals surface area contributed by atoms with Gasteiger partial charge >= 0.3 is 5.97 Å². The Morgan fingerprint density at radius 1 is 1.29 bits per heavy atom. The molecule has 0 bridgehead atoms. The van der Waals surface area contributed by atoms with E-state index in [0.29, 0.717) is 5.75 Å². The topological polar surface area (TPSA) is 83.2 Å². The van der Waals surface area contributed by atoms with Crippen LogP contribution in [0.25, 0.3) is 22.4 Å². The van der Waals surface area contributed by atoms with Crippen molar-refractivity contribution in [1.29, 1.82) is 5.26 Å². The molecule has 0 spiro atoms. The maximum atomic E-state index is 11.0. The molecular formula is C18H12N2O3S. The quantitative estimate of drug-likeness (QED) is 0.759. The second-order valence-corrected chi connectivity index (χ2v) is 5.92. The van der Waals surface area contributed by atoms with Crippen LogP contribution in [0.15, 0.2) is 42.5 Å². The Kier molecular flexibility index (Phi) is 4.54. The number of hydrogen-bond donors (Lipinski definition) is 1. The summed E-state index contributed by atoms with van der Waals surface area (Å²) in [5, 5.41) is 18.4. The number of fused-ring (bicyclic) bond motifs is 1. The van der Waals surface area contributed by atoms with Crippen LogP contribution in [0.5, 0.6) is 5.75 Å². The third-order valence-corrected chi connectivity index (χ3v) is 4.25. The number of thiazole rings is 1. The molecule has 118 valence electrons. The fourth-order valence-electron chi connectivity index (χ4n) is 2.17. The lowest BCUT2D eigenvalue weighted by Crippen LogP contribution is -1.94. The fraction of sp³-hybridized carbons (Fsp3) is 0.0556. The monoisotopic (exact) mass is 336 g/mol. The van der Waals surface area contributed by atoms with Crippen molar-refractivity contribution in [3.63, 3.8) is 0 Å². The highest BCUT2D eigenvalue weighted by atomic mass is 32.1. The lowest BCUT2D eigenvalue weighted by molar-refractivity contribution is 0.0697. The molecule has 5 nitrogen and oxygen atoms in total. The second kappa shape index (κ2) is 6.94. The Morgan fingerprint density at radius 3 is 2.92 bits per heavy atom. The van der Waals surface area contributed by atoms with Crippen LogP contribution in [0, 0.1) is 11.3 Å². The summed E-state index contributed by atoms with van der Waals surface area (Å²) in [6.45, 7) is -0.00996. The Morgan fingerprint density at radius 2 is 2.12 bits per heavy atom. The standard InChI is InChI=1S/C18H12N2O3S/c19-9-10-23-15-4-2-1-3-12(15)6-8-17-20-14-7-5-13(18(21)22)11-16(14)24-17/h1-8,11H,10H2,(H,21,22)/b8-6+. The fourth-order valence-corrected chi connectivity index (χ4v) is 3.08. The number of carbonyl (C=O) groups is 1. The van der Waals surface area contributed by atoms with E-state index in [9.17, 15) is 4.79 Å². The minimum atomic E-state index is -0.953. The van der Waals surface area contributed by atoms with Gasteiger partial charge in [0.25, 0.3) is 0 Å². The van der Waals surface area contributed by atoms with E-state index in [1.54, 1.807) is 24.3 Å². The third-order valence-electron chi connectivity index (χ3n) is 3.27. The van der Waals surface area contributed by atoms with Crippen molar-refractivity contribution in [3.8, 4) is 11.8 Å². The van der Waals surface area contributed by atoms with Crippen LogP contribution >= 0.6 is 11.3 Å². The molecule has 0 amide bonds. The third kappa shape index (κ3) is 3.42. The van der Waals surface area contributed by atoms with E-state index in [1.165, 1.54) is 11.3 Å². The number of carboxylic acid groups (broad SMARTS) is 1. The zero-order chi connectivity index (χ0) is 16.9. The molecule has 1 heterocycles. The van der Waals surface area contributed by atoms with Crippen molar-refractivity contribution >= 4 is 39.7 Å². The molecule has 1 aromatic heterocycles. The van der Waals surface area contributed by atoms with E-state index in [0.717, 1.165) is 20.8 Å². The molecule has 0 radical (unpaired) electrons. The zero-order valence-corrected chi connectivity index (χ0v) is 13.3. The van der Waals surface area contributed by atoms with Crippen molar-refractivity contribution in [2.24, 2.45) is 0 Å². The van der Waals surface area contributed by atoms with Crippen molar-refractivity contribution in [1.82, 2.24) is 4.98 Å². The first-order valence-corrected chi connectivity index (χ1v) is 7.90. The molecule has 0 aliphatic carbocycles. The lowest BCUT2D eigenvalue weighted by Gasteiger charge is -2.04. The van der Waals surface area contributed by atoms with Crippen molar-refractivity contribution in [2.75, 3.05) is 6.61 Å². The van der Waals surface area contributed by atoms with Gasteiger partial charge in [0.05, 0.1) is 15.8 Å². The first-order valence-electron chi connectivity index (χ1n) is 7.08. The van der Waals surface area contributed by atoms with Gasteiger partial charge in [-0.25, -0.2) is 9.78 Å². The van der Waals surface area contributed by atoms with Gasteiger partial charge in [0.15, 0.2) is 6.61 Å². The van der Waals surface area contributed by atoms with Gasteiger partial charge in [-0.1, -0.05) is 18.2 Å². The normalized spacial score (nSPS) is 10.8. The minimum Gasteiger partial charge on any atom is -0.478 e. The first-order chi connectivity index (χ1) is 11.7. The maximum absolute atomic E-state index is 11.0. The van der Waals surface area contributed by atoms with Crippen LogP contribution in [-0.4, -0.2) is 22.7 Å². The highest BCUT2D eigenvalue weighted by Gasteiger charge is 2.07. The molecule has 0 atom stereocenters. The number of ether oxygens (including phenoxy) is 1. The van der Waals surface area contributed by atoms with Gasteiger partial charge in [-0.2, -0.15) is 5.26 Å². The SMILES string of the molecule is N#CCOc1ccccc1/C=C/c1nc2ccc(C(=O)O)cc2s1. The summed E-state index contributed by atoms with van der Waals surface area (Å²) in [4.78, 5) is 15.5. The van der Waals surface area contributed by atoms with Gasteiger partial charge in [0, 0.05) is 5.56 Å². The molecule has 0 fully saturated rings. The smallest absolute Gasteiger partial charge is 0.335 e. The molecule has 0 unspecified atom stereocenters. The highest BCUT2D eigenvalue weighted by Crippen LogP contribution is 2.26. The van der Waals surface area contributed by atoms with Crippen LogP contribution in [0.4, 0.5) is 0 Å².